The Labute approximate surface area is 145 Å². The molecule has 0 aromatic heterocycles. The van der Waals surface area contributed by atoms with E-state index in [1.54, 1.807) is 21.3 Å². The second-order valence-electron chi connectivity index (χ2n) is 5.90. The van der Waals surface area contributed by atoms with Gasteiger partial charge in [-0.25, -0.2) is 0 Å². The molecule has 1 saturated heterocycles. The lowest BCUT2D eigenvalue weighted by atomic mass is 10.1. The molecule has 0 amide bonds. The molecule has 6 nitrogen and oxygen atoms in total. The minimum Gasteiger partial charge on any atom is -0.493 e. The highest BCUT2D eigenvalue weighted by atomic mass is 16.7. The van der Waals surface area contributed by atoms with Crippen LogP contribution in [0.4, 0.5) is 5.69 Å². The lowest BCUT2D eigenvalue weighted by Crippen LogP contribution is -2.33. The smallest absolute Gasteiger partial charge is 0.173 e. The highest BCUT2D eigenvalue weighted by molar-refractivity contribution is 5.54. The van der Waals surface area contributed by atoms with Crippen LogP contribution in [0.1, 0.15) is 19.3 Å². The van der Waals surface area contributed by atoms with Crippen molar-refractivity contribution in [2.45, 2.75) is 25.6 Å². The summed E-state index contributed by atoms with van der Waals surface area (Å²) in [5.74, 6) is 1.50. The fourth-order valence-electron chi connectivity index (χ4n) is 2.83. The van der Waals surface area contributed by atoms with Gasteiger partial charge in [-0.1, -0.05) is 6.42 Å². The topological polar surface area (TPSA) is 52.2 Å². The number of hydrogen-bond acceptors (Lipinski definition) is 6. The molecule has 2 rings (SSSR count). The molecule has 1 heterocycles. The van der Waals surface area contributed by atoms with Crippen LogP contribution in [-0.2, 0) is 9.47 Å². The first kappa shape index (κ1) is 18.8. The Morgan fingerprint density at radius 1 is 1.04 bits per heavy atom. The van der Waals surface area contributed by atoms with E-state index in [0.717, 1.165) is 23.7 Å². The molecule has 0 bridgehead atoms. The molecule has 1 fully saturated rings. The first-order valence-electron chi connectivity index (χ1n) is 8.59. The maximum Gasteiger partial charge on any atom is 0.173 e. The van der Waals surface area contributed by atoms with E-state index in [2.05, 4.69) is 10.2 Å². The third kappa shape index (κ3) is 5.85. The van der Waals surface area contributed by atoms with Gasteiger partial charge in [0.15, 0.2) is 17.8 Å². The molecule has 0 atom stereocenters. The summed E-state index contributed by atoms with van der Waals surface area (Å²) in [5, 5.41) is 3.28. The van der Waals surface area contributed by atoms with Crippen LogP contribution in [0, 0.1) is 0 Å². The minimum absolute atomic E-state index is 0.282. The van der Waals surface area contributed by atoms with E-state index in [1.807, 2.05) is 18.2 Å². The normalized spacial score (nSPS) is 15.5. The Hall–Kier alpha value is -1.50. The van der Waals surface area contributed by atoms with E-state index in [0.29, 0.717) is 13.2 Å². The van der Waals surface area contributed by atoms with Crippen molar-refractivity contribution in [1.82, 2.24) is 4.90 Å². The summed E-state index contributed by atoms with van der Waals surface area (Å²) in [5.41, 5.74) is 0.947. The molecule has 1 aliphatic heterocycles. The zero-order valence-corrected chi connectivity index (χ0v) is 15.0. The van der Waals surface area contributed by atoms with Crippen LogP contribution in [0.2, 0.25) is 0 Å². The molecular weight excluding hydrogens is 308 g/mol. The zero-order chi connectivity index (χ0) is 17.2. The first-order valence-corrected chi connectivity index (χ1v) is 8.59. The summed E-state index contributed by atoms with van der Waals surface area (Å²) >= 11 is 0. The summed E-state index contributed by atoms with van der Waals surface area (Å²) in [6, 6.07) is 5.82. The molecule has 0 radical (unpaired) electrons. The van der Waals surface area contributed by atoms with Gasteiger partial charge >= 0.3 is 0 Å². The summed E-state index contributed by atoms with van der Waals surface area (Å²) in [6.07, 6.45) is 3.66. The fraction of sp³-hybridized carbons (Fsp3) is 0.667. The van der Waals surface area contributed by atoms with Crippen LogP contribution in [0.15, 0.2) is 18.2 Å². The Morgan fingerprint density at radius 3 is 2.46 bits per heavy atom. The number of nitrogens with one attached hydrogen (secondary N) is 1. The van der Waals surface area contributed by atoms with Gasteiger partial charge in [-0.15, -0.1) is 0 Å². The SMILES string of the molecule is COc1ccc(NCC(OC)OC)cc1OCCN1CCCCC1. The van der Waals surface area contributed by atoms with Gasteiger partial charge in [-0.05, 0) is 38.1 Å². The Morgan fingerprint density at radius 2 is 1.79 bits per heavy atom. The number of hydrogen-bond donors (Lipinski definition) is 1. The van der Waals surface area contributed by atoms with Gasteiger partial charge in [0.25, 0.3) is 0 Å². The highest BCUT2D eigenvalue weighted by Gasteiger charge is 2.12. The summed E-state index contributed by atoms with van der Waals surface area (Å²) in [4.78, 5) is 2.46. The van der Waals surface area contributed by atoms with Gasteiger partial charge < -0.3 is 24.3 Å². The van der Waals surface area contributed by atoms with Crippen molar-refractivity contribution in [3.05, 3.63) is 18.2 Å². The molecule has 0 spiro atoms. The molecule has 1 aromatic rings. The van der Waals surface area contributed by atoms with Crippen LogP contribution in [0.3, 0.4) is 0 Å². The summed E-state index contributed by atoms with van der Waals surface area (Å²) in [6.45, 7) is 4.54. The van der Waals surface area contributed by atoms with Gasteiger partial charge in [0, 0.05) is 32.5 Å². The quantitative estimate of drug-likeness (QED) is 0.662. The molecule has 1 aromatic carbocycles. The average molecular weight is 338 g/mol. The van der Waals surface area contributed by atoms with Crippen LogP contribution < -0.4 is 14.8 Å². The number of anilines is 1. The van der Waals surface area contributed by atoms with Gasteiger partial charge in [-0.3, -0.25) is 4.90 Å². The molecular formula is C18H30N2O4. The lowest BCUT2D eigenvalue weighted by molar-refractivity contribution is -0.0914. The van der Waals surface area contributed by atoms with Crippen molar-refractivity contribution in [3.8, 4) is 11.5 Å². The Balaban J connectivity index is 1.87. The van der Waals surface area contributed by atoms with Crippen molar-refractivity contribution in [2.24, 2.45) is 0 Å². The summed E-state index contributed by atoms with van der Waals surface area (Å²) in [7, 11) is 4.91. The van der Waals surface area contributed by atoms with Crippen molar-refractivity contribution in [3.63, 3.8) is 0 Å². The van der Waals surface area contributed by atoms with Crippen LogP contribution >= 0.6 is 0 Å². The second-order valence-corrected chi connectivity index (χ2v) is 5.90. The van der Waals surface area contributed by atoms with Gasteiger partial charge in [0.2, 0.25) is 0 Å². The number of benzene rings is 1. The molecule has 24 heavy (non-hydrogen) atoms. The van der Waals surface area contributed by atoms with Crippen LogP contribution in [-0.4, -0.2) is 65.3 Å². The molecule has 0 saturated carbocycles. The summed E-state index contributed by atoms with van der Waals surface area (Å²) < 4.78 is 21.7. The van der Waals surface area contributed by atoms with E-state index in [9.17, 15) is 0 Å². The molecule has 1 N–H and O–H groups in total. The van der Waals surface area contributed by atoms with Gasteiger partial charge in [0.05, 0.1) is 13.7 Å². The van der Waals surface area contributed by atoms with Crippen molar-refractivity contribution in [1.29, 1.82) is 0 Å². The predicted molar refractivity (Wildman–Crippen MR) is 95.1 cm³/mol. The third-order valence-electron chi connectivity index (χ3n) is 4.28. The van der Waals surface area contributed by atoms with E-state index < -0.39 is 0 Å². The first-order chi connectivity index (χ1) is 11.8. The third-order valence-corrected chi connectivity index (χ3v) is 4.28. The number of nitrogens with zero attached hydrogens (tertiary/aromatic N) is 1. The predicted octanol–water partition coefficient (Wildman–Crippen LogP) is 2.59. The molecule has 6 heteroatoms. The van der Waals surface area contributed by atoms with E-state index in [4.69, 9.17) is 18.9 Å². The largest absolute Gasteiger partial charge is 0.493 e. The maximum atomic E-state index is 5.96. The highest BCUT2D eigenvalue weighted by Crippen LogP contribution is 2.30. The standard InChI is InChI=1S/C18H30N2O4/c1-21-16-8-7-15(19-14-18(22-2)23-3)13-17(16)24-12-11-20-9-5-4-6-10-20/h7-8,13,18-19H,4-6,9-12,14H2,1-3H3. The number of likely N-dealkylation sites (tertiary alicyclic amines) is 1. The van der Waals surface area contributed by atoms with Gasteiger partial charge in [0.1, 0.15) is 6.61 Å². The van der Waals surface area contributed by atoms with Gasteiger partial charge in [-0.2, -0.15) is 0 Å². The Bertz CT molecular complexity index is 474. The molecule has 1 aliphatic rings. The zero-order valence-electron chi connectivity index (χ0n) is 15.0. The van der Waals surface area contributed by atoms with Crippen molar-refractivity contribution >= 4 is 5.69 Å². The number of piperidine rings is 1. The molecule has 136 valence electrons. The Kier molecular flexibility index (Phi) is 8.15. The van der Waals surface area contributed by atoms with Crippen molar-refractivity contribution in [2.75, 3.05) is 59.4 Å². The fourth-order valence-corrected chi connectivity index (χ4v) is 2.83. The van der Waals surface area contributed by atoms with E-state index >= 15 is 0 Å². The minimum atomic E-state index is -0.282. The lowest BCUT2D eigenvalue weighted by Gasteiger charge is -2.26. The average Bonchev–Trinajstić information content (AvgIpc) is 2.63. The molecule has 0 aliphatic carbocycles. The second kappa shape index (κ2) is 10.4. The number of ether oxygens (including phenoxy) is 4. The van der Waals surface area contributed by atoms with Crippen LogP contribution in [0.25, 0.3) is 0 Å². The number of rotatable bonds is 10. The van der Waals surface area contributed by atoms with Crippen LogP contribution in [0.5, 0.6) is 11.5 Å². The maximum absolute atomic E-state index is 5.96. The number of methoxy groups -OCH3 is 3. The van der Waals surface area contributed by atoms with E-state index in [-0.39, 0.29) is 6.29 Å². The molecule has 0 unspecified atom stereocenters. The van der Waals surface area contributed by atoms with Crippen molar-refractivity contribution < 1.29 is 18.9 Å². The monoisotopic (exact) mass is 338 g/mol. The van der Waals surface area contributed by atoms with E-state index in [1.165, 1.54) is 32.4 Å².